The van der Waals surface area contributed by atoms with Crippen LogP contribution in [0.1, 0.15) is 39.2 Å². The predicted octanol–water partition coefficient (Wildman–Crippen LogP) is 1.98. The van der Waals surface area contributed by atoms with Gasteiger partial charge in [0.15, 0.2) is 0 Å². The van der Waals surface area contributed by atoms with Crippen molar-refractivity contribution in [2.75, 3.05) is 0 Å². The quantitative estimate of drug-likeness (QED) is 0.605. The lowest BCUT2D eigenvalue weighted by Crippen LogP contribution is -2.58. The minimum atomic E-state index is -0.361. The minimum Gasteiger partial charge on any atom is -0.384 e. The molecule has 0 spiro atoms. The van der Waals surface area contributed by atoms with Crippen molar-refractivity contribution in [3.63, 3.8) is 0 Å². The molecule has 1 aromatic carbocycles. The van der Waals surface area contributed by atoms with E-state index in [9.17, 15) is 9.18 Å². The Morgan fingerprint density at radius 3 is 2.58 bits per heavy atom. The zero-order valence-electron chi connectivity index (χ0n) is 19.4. The number of pyridine rings is 1. The number of hydrogen-bond donors (Lipinski definition) is 2. The van der Waals surface area contributed by atoms with Gasteiger partial charge in [-0.1, -0.05) is 37.6 Å². The monoisotopic (exact) mass is 448 g/mol. The van der Waals surface area contributed by atoms with Crippen molar-refractivity contribution in [2.24, 2.45) is 12.0 Å². The standard InChI is InChI=1S/C25H29FN6O/c1-5-6-20(21-22(27)32-15-25(2,3)30-24(32)31(4)23(21)33)28-13-16-7-9-17(10-8-16)19-12-11-18(26)14-29-19/h7-12,14,27-28H,5-6,13,15H2,1-4H3/b21-20+,27-22?. The second kappa shape index (κ2) is 8.77. The Morgan fingerprint density at radius 2 is 1.94 bits per heavy atom. The third kappa shape index (κ3) is 4.51. The third-order valence-electron chi connectivity index (χ3n) is 5.80. The number of nitrogens with one attached hydrogen (secondary N) is 2. The molecule has 0 bridgehead atoms. The lowest BCUT2D eigenvalue weighted by molar-refractivity contribution is 0.465. The maximum Gasteiger partial charge on any atom is 0.265 e. The topological polar surface area (TPSA) is 88.1 Å². The van der Waals surface area contributed by atoms with Gasteiger partial charge < -0.3 is 5.32 Å². The summed E-state index contributed by atoms with van der Waals surface area (Å²) in [6.07, 6.45) is 2.72. The lowest BCUT2D eigenvalue weighted by atomic mass is 10.1. The van der Waals surface area contributed by atoms with Gasteiger partial charge in [0.25, 0.3) is 5.56 Å². The number of rotatable bonds is 6. The zero-order chi connectivity index (χ0) is 23.8. The van der Waals surface area contributed by atoms with Crippen molar-refractivity contribution < 1.29 is 4.39 Å². The van der Waals surface area contributed by atoms with E-state index in [-0.39, 0.29) is 22.4 Å². The molecule has 1 aliphatic heterocycles. The Balaban J connectivity index is 1.67. The van der Waals surface area contributed by atoms with E-state index in [1.54, 1.807) is 17.7 Å². The molecule has 0 saturated carbocycles. The fraction of sp³-hybridized carbons (Fsp3) is 0.360. The van der Waals surface area contributed by atoms with Crippen LogP contribution in [-0.4, -0.2) is 19.7 Å². The Labute approximate surface area is 191 Å². The van der Waals surface area contributed by atoms with Gasteiger partial charge >= 0.3 is 0 Å². The summed E-state index contributed by atoms with van der Waals surface area (Å²) in [5.41, 5.74) is 3.61. The molecule has 0 aliphatic carbocycles. The second-order valence-corrected chi connectivity index (χ2v) is 9.04. The number of nitrogens with zero attached hydrogens (tertiary/aromatic N) is 4. The van der Waals surface area contributed by atoms with Crippen molar-refractivity contribution >= 4 is 5.70 Å². The van der Waals surface area contributed by atoms with Gasteiger partial charge in [0, 0.05) is 24.9 Å². The second-order valence-electron chi connectivity index (χ2n) is 9.04. The van der Waals surface area contributed by atoms with Crippen LogP contribution in [-0.2, 0) is 20.1 Å². The maximum absolute atomic E-state index is 13.2. The van der Waals surface area contributed by atoms with Gasteiger partial charge in [-0.05, 0) is 38.0 Å². The zero-order valence-corrected chi connectivity index (χ0v) is 19.4. The molecule has 0 atom stereocenters. The van der Waals surface area contributed by atoms with E-state index in [1.165, 1.54) is 12.3 Å². The van der Waals surface area contributed by atoms with Crippen molar-refractivity contribution in [3.05, 3.63) is 80.7 Å². The van der Waals surface area contributed by atoms with Gasteiger partial charge in [0.2, 0.25) is 5.62 Å². The first-order chi connectivity index (χ1) is 15.7. The summed E-state index contributed by atoms with van der Waals surface area (Å²) in [6.45, 7) is 7.15. The normalized spacial score (nSPS) is 15.1. The fourth-order valence-electron chi connectivity index (χ4n) is 4.13. The number of halogens is 1. The van der Waals surface area contributed by atoms with Crippen LogP contribution >= 0.6 is 0 Å². The van der Waals surface area contributed by atoms with Crippen LogP contribution in [0.3, 0.4) is 0 Å². The molecule has 33 heavy (non-hydrogen) atoms. The number of benzene rings is 1. The molecule has 3 aromatic rings. The molecule has 0 amide bonds. The van der Waals surface area contributed by atoms with Crippen LogP contribution in [0, 0.1) is 11.2 Å². The van der Waals surface area contributed by atoms with E-state index in [1.807, 2.05) is 42.7 Å². The number of aromatic nitrogens is 3. The van der Waals surface area contributed by atoms with E-state index in [2.05, 4.69) is 22.2 Å². The molecule has 2 N–H and O–H groups in total. The third-order valence-corrected chi connectivity index (χ3v) is 5.80. The highest BCUT2D eigenvalue weighted by Crippen LogP contribution is 2.18. The highest BCUT2D eigenvalue weighted by Gasteiger charge is 2.26. The Hall–Kier alpha value is -3.55. The van der Waals surface area contributed by atoms with Crippen molar-refractivity contribution in [3.8, 4) is 11.3 Å². The van der Waals surface area contributed by atoms with Crippen molar-refractivity contribution in [2.45, 2.75) is 52.2 Å². The van der Waals surface area contributed by atoms with E-state index in [0.29, 0.717) is 36.0 Å². The lowest BCUT2D eigenvalue weighted by Gasteiger charge is -2.14. The number of fused-ring (bicyclic) bond motifs is 1. The molecule has 0 unspecified atom stereocenters. The Morgan fingerprint density at radius 1 is 1.21 bits per heavy atom. The number of hydrogen-bond acceptors (Lipinski definition) is 5. The molecule has 172 valence electrons. The van der Waals surface area contributed by atoms with Crippen LogP contribution < -0.4 is 27.2 Å². The van der Waals surface area contributed by atoms with Crippen molar-refractivity contribution in [1.82, 2.24) is 19.4 Å². The average molecular weight is 449 g/mol. The van der Waals surface area contributed by atoms with Crippen LogP contribution in [0.15, 0.2) is 52.4 Å². The first kappa shape index (κ1) is 22.6. The van der Waals surface area contributed by atoms with Crippen LogP contribution in [0.2, 0.25) is 0 Å². The molecule has 0 radical (unpaired) electrons. The van der Waals surface area contributed by atoms with Gasteiger partial charge in [-0.15, -0.1) is 0 Å². The van der Waals surface area contributed by atoms with Crippen molar-refractivity contribution in [1.29, 1.82) is 5.41 Å². The SMILES string of the molecule is CCC/C(NCc1ccc(-c2ccc(F)cn2)cc1)=c1\c(=O)n(C)c2n(c1=N)CC(C)(C)N=2. The van der Waals surface area contributed by atoms with E-state index < -0.39 is 0 Å². The predicted molar refractivity (Wildman–Crippen MR) is 125 cm³/mol. The van der Waals surface area contributed by atoms with E-state index >= 15 is 0 Å². The molecule has 3 heterocycles. The van der Waals surface area contributed by atoms with Crippen LogP contribution in [0.5, 0.6) is 0 Å². The van der Waals surface area contributed by atoms with Gasteiger partial charge in [0.05, 0.1) is 24.0 Å². The molecule has 2 aromatic heterocycles. The molecular formula is C25H29FN6O. The Bertz CT molecular complexity index is 1420. The Kier molecular flexibility index (Phi) is 6.01. The summed E-state index contributed by atoms with van der Waals surface area (Å²) in [5, 5.41) is 12.6. The molecule has 8 heteroatoms. The van der Waals surface area contributed by atoms with Crippen LogP contribution in [0.4, 0.5) is 4.39 Å². The van der Waals surface area contributed by atoms with Gasteiger partial charge in [-0.25, -0.2) is 9.38 Å². The van der Waals surface area contributed by atoms with Gasteiger partial charge in [0.1, 0.15) is 16.5 Å². The highest BCUT2D eigenvalue weighted by atomic mass is 19.1. The molecule has 0 saturated heterocycles. The molecule has 7 nitrogen and oxygen atoms in total. The van der Waals surface area contributed by atoms with Gasteiger partial charge in [-0.3, -0.25) is 24.3 Å². The first-order valence-electron chi connectivity index (χ1n) is 11.1. The van der Waals surface area contributed by atoms with E-state index in [4.69, 9.17) is 5.41 Å². The maximum atomic E-state index is 13.2. The minimum absolute atomic E-state index is 0.205. The largest absolute Gasteiger partial charge is 0.384 e. The summed E-state index contributed by atoms with van der Waals surface area (Å²) in [4.78, 5) is 21.9. The summed E-state index contributed by atoms with van der Waals surface area (Å²) < 4.78 is 16.5. The molecule has 1 aliphatic rings. The summed E-state index contributed by atoms with van der Waals surface area (Å²) >= 11 is 0. The van der Waals surface area contributed by atoms with Crippen LogP contribution in [0.25, 0.3) is 17.0 Å². The fourth-order valence-corrected chi connectivity index (χ4v) is 4.13. The van der Waals surface area contributed by atoms with E-state index in [0.717, 1.165) is 23.2 Å². The molecule has 4 rings (SSSR count). The van der Waals surface area contributed by atoms with Gasteiger partial charge in [-0.2, -0.15) is 0 Å². The highest BCUT2D eigenvalue weighted by molar-refractivity contribution is 5.59. The average Bonchev–Trinajstić information content (AvgIpc) is 3.13. The summed E-state index contributed by atoms with van der Waals surface area (Å²) in [6, 6.07) is 10.9. The molecular weight excluding hydrogens is 419 g/mol. The smallest absolute Gasteiger partial charge is 0.265 e. The summed E-state index contributed by atoms with van der Waals surface area (Å²) in [5.74, 6) is -0.361. The molecule has 0 fully saturated rings. The summed E-state index contributed by atoms with van der Waals surface area (Å²) in [7, 11) is 1.72. The first-order valence-corrected chi connectivity index (χ1v) is 11.1.